The van der Waals surface area contributed by atoms with Crippen LogP contribution >= 0.6 is 0 Å². The van der Waals surface area contributed by atoms with Crippen LogP contribution in [-0.2, 0) is 21.1 Å². The summed E-state index contributed by atoms with van der Waals surface area (Å²) in [6.45, 7) is 1.09. The van der Waals surface area contributed by atoms with Crippen LogP contribution in [0, 0.1) is 5.41 Å². The van der Waals surface area contributed by atoms with E-state index in [1.165, 1.54) is 11.8 Å². The summed E-state index contributed by atoms with van der Waals surface area (Å²) < 4.78 is 23.6. The Labute approximate surface area is 138 Å². The number of hydrogen-bond donors (Lipinski definition) is 0. The lowest BCUT2D eigenvalue weighted by molar-refractivity contribution is -0.138. The van der Waals surface area contributed by atoms with Gasteiger partial charge in [0.25, 0.3) is 0 Å². The molecule has 5 heteroatoms. The van der Waals surface area contributed by atoms with Crippen LogP contribution in [0.2, 0.25) is 0 Å². The Balaban J connectivity index is 1.63. The molecule has 1 aromatic carbocycles. The molecule has 0 bridgehead atoms. The zero-order valence-corrected chi connectivity index (χ0v) is 14.5. The number of hydrogen-bond acceptors (Lipinski definition) is 3. The predicted octanol–water partition coefficient (Wildman–Crippen LogP) is 2.44. The third kappa shape index (κ3) is 3.77. The summed E-state index contributed by atoms with van der Waals surface area (Å²) >= 11 is 0. The van der Waals surface area contributed by atoms with Gasteiger partial charge in [-0.25, -0.2) is 8.42 Å². The maximum atomic E-state index is 12.9. The molecule has 1 saturated carbocycles. The van der Waals surface area contributed by atoms with Crippen LogP contribution in [0.15, 0.2) is 30.3 Å². The molecule has 0 aromatic heterocycles. The fourth-order valence-electron chi connectivity index (χ4n) is 3.56. The number of likely N-dealkylation sites (tertiary alicyclic amines) is 1. The minimum absolute atomic E-state index is 0.182. The second-order valence-corrected chi connectivity index (χ2v) is 9.44. The summed E-state index contributed by atoms with van der Waals surface area (Å²) in [5.74, 6) is 0.182. The quantitative estimate of drug-likeness (QED) is 0.830. The van der Waals surface area contributed by atoms with Crippen molar-refractivity contribution in [3.8, 4) is 0 Å². The van der Waals surface area contributed by atoms with Gasteiger partial charge in [-0.1, -0.05) is 30.3 Å². The molecule has 1 unspecified atom stereocenters. The number of carbonyl (C=O) groups excluding carboxylic acids is 1. The Morgan fingerprint density at radius 2 is 1.96 bits per heavy atom. The number of benzene rings is 1. The van der Waals surface area contributed by atoms with Gasteiger partial charge in [-0.3, -0.25) is 4.79 Å². The molecule has 1 aliphatic heterocycles. The number of amides is 1. The molecule has 2 aliphatic rings. The van der Waals surface area contributed by atoms with E-state index >= 15 is 0 Å². The van der Waals surface area contributed by atoms with E-state index in [1.54, 1.807) is 0 Å². The summed E-state index contributed by atoms with van der Waals surface area (Å²) in [6.07, 6.45) is 6.43. The molecular formula is C18H25NO3S. The largest absolute Gasteiger partial charge is 0.341 e. The predicted molar refractivity (Wildman–Crippen MR) is 90.9 cm³/mol. The highest BCUT2D eigenvalue weighted by Crippen LogP contribution is 2.51. The zero-order valence-electron chi connectivity index (χ0n) is 13.7. The van der Waals surface area contributed by atoms with E-state index < -0.39 is 9.84 Å². The van der Waals surface area contributed by atoms with Gasteiger partial charge in [0.05, 0.1) is 5.25 Å². The Kier molecular flexibility index (Phi) is 4.50. The summed E-state index contributed by atoms with van der Waals surface area (Å²) in [5.41, 5.74) is 1.04. The van der Waals surface area contributed by atoms with Crippen molar-refractivity contribution in [3.05, 3.63) is 35.9 Å². The molecule has 0 radical (unpaired) electrons. The topological polar surface area (TPSA) is 54.5 Å². The minimum atomic E-state index is -3.07. The number of piperidine rings is 1. The summed E-state index contributed by atoms with van der Waals surface area (Å²) in [6, 6.07) is 10.2. The van der Waals surface area contributed by atoms with Crippen molar-refractivity contribution in [1.82, 2.24) is 4.90 Å². The van der Waals surface area contributed by atoms with E-state index in [9.17, 15) is 13.2 Å². The molecule has 1 saturated heterocycles. The number of rotatable bonds is 5. The van der Waals surface area contributed by atoms with Crippen LogP contribution in [-0.4, -0.2) is 43.8 Å². The second-order valence-electron chi connectivity index (χ2n) is 7.11. The van der Waals surface area contributed by atoms with Crippen molar-refractivity contribution in [1.29, 1.82) is 0 Å². The molecule has 3 rings (SSSR count). The molecule has 1 atom stereocenters. The first-order valence-electron chi connectivity index (χ1n) is 8.43. The lowest BCUT2D eigenvalue weighted by atomic mass is 9.94. The Hall–Kier alpha value is -1.36. The van der Waals surface area contributed by atoms with E-state index in [4.69, 9.17) is 0 Å². The standard InChI is InChI=1S/C18H25NO3S/c1-23(21,22)16-8-5-13-19(14-16)17(20)18(11-12-18)10-9-15-6-3-2-4-7-15/h2-4,6-7,16H,5,8-14H2,1H3. The van der Waals surface area contributed by atoms with Crippen LogP contribution in [0.4, 0.5) is 0 Å². The van der Waals surface area contributed by atoms with Crippen molar-refractivity contribution in [3.63, 3.8) is 0 Å². The molecule has 1 aliphatic carbocycles. The lowest BCUT2D eigenvalue weighted by Gasteiger charge is -2.34. The van der Waals surface area contributed by atoms with Crippen molar-refractivity contribution < 1.29 is 13.2 Å². The number of aryl methyl sites for hydroxylation is 1. The third-order valence-electron chi connectivity index (χ3n) is 5.31. The van der Waals surface area contributed by atoms with Gasteiger partial charge in [0.1, 0.15) is 0 Å². The summed E-state index contributed by atoms with van der Waals surface area (Å²) in [4.78, 5) is 14.7. The summed E-state index contributed by atoms with van der Waals surface area (Å²) in [7, 11) is -3.07. The van der Waals surface area contributed by atoms with Gasteiger partial charge in [0.15, 0.2) is 9.84 Å². The number of carbonyl (C=O) groups is 1. The van der Waals surface area contributed by atoms with Crippen LogP contribution in [0.3, 0.4) is 0 Å². The zero-order chi connectivity index (χ0) is 16.5. The molecule has 1 amide bonds. The highest BCUT2D eigenvalue weighted by Gasteiger charge is 2.51. The maximum absolute atomic E-state index is 12.9. The minimum Gasteiger partial charge on any atom is -0.341 e. The highest BCUT2D eigenvalue weighted by molar-refractivity contribution is 7.91. The van der Waals surface area contributed by atoms with Gasteiger partial charge in [-0.15, -0.1) is 0 Å². The number of nitrogens with zero attached hydrogens (tertiary/aromatic N) is 1. The molecule has 126 valence electrons. The molecule has 0 spiro atoms. The van der Waals surface area contributed by atoms with Gasteiger partial charge in [0.2, 0.25) is 5.91 Å². The van der Waals surface area contributed by atoms with Gasteiger partial charge in [-0.05, 0) is 44.1 Å². The van der Waals surface area contributed by atoms with Gasteiger partial charge in [-0.2, -0.15) is 0 Å². The first-order valence-corrected chi connectivity index (χ1v) is 10.4. The molecule has 4 nitrogen and oxygen atoms in total. The van der Waals surface area contributed by atoms with Gasteiger partial charge >= 0.3 is 0 Å². The van der Waals surface area contributed by atoms with Crippen LogP contribution in [0.1, 0.15) is 37.7 Å². The summed E-state index contributed by atoms with van der Waals surface area (Å²) in [5, 5.41) is -0.384. The SMILES string of the molecule is CS(=O)(=O)C1CCCN(C(=O)C2(CCc3ccccc3)CC2)C1. The average molecular weight is 335 g/mol. The van der Waals surface area contributed by atoms with Crippen LogP contribution in [0.5, 0.6) is 0 Å². The van der Waals surface area contributed by atoms with E-state index in [2.05, 4.69) is 12.1 Å². The first kappa shape index (κ1) is 16.5. The van der Waals surface area contributed by atoms with Crippen molar-refractivity contribution in [2.75, 3.05) is 19.3 Å². The number of sulfone groups is 1. The molecule has 2 fully saturated rings. The van der Waals surface area contributed by atoms with Crippen molar-refractivity contribution in [2.45, 2.75) is 43.8 Å². The van der Waals surface area contributed by atoms with E-state index in [0.717, 1.165) is 32.1 Å². The molecule has 1 aromatic rings. The Morgan fingerprint density at radius 1 is 1.26 bits per heavy atom. The lowest BCUT2D eigenvalue weighted by Crippen LogP contribution is -2.47. The molecule has 1 heterocycles. The smallest absolute Gasteiger partial charge is 0.228 e. The Bertz CT molecular complexity index is 665. The first-order chi connectivity index (χ1) is 10.9. The fraction of sp³-hybridized carbons (Fsp3) is 0.611. The van der Waals surface area contributed by atoms with Crippen molar-refractivity contribution in [2.24, 2.45) is 5.41 Å². The van der Waals surface area contributed by atoms with Gasteiger partial charge in [0, 0.05) is 24.8 Å². The highest BCUT2D eigenvalue weighted by atomic mass is 32.2. The normalized spacial score (nSPS) is 23.5. The van der Waals surface area contributed by atoms with E-state index in [1.807, 2.05) is 23.1 Å². The Morgan fingerprint density at radius 3 is 2.57 bits per heavy atom. The van der Waals surface area contributed by atoms with Crippen molar-refractivity contribution >= 4 is 15.7 Å². The molecular weight excluding hydrogens is 310 g/mol. The second kappa shape index (κ2) is 6.27. The van der Waals surface area contributed by atoms with Crippen LogP contribution < -0.4 is 0 Å². The third-order valence-corrected chi connectivity index (χ3v) is 6.91. The molecule has 0 N–H and O–H groups in total. The maximum Gasteiger partial charge on any atom is 0.228 e. The van der Waals surface area contributed by atoms with E-state index in [-0.39, 0.29) is 16.6 Å². The van der Waals surface area contributed by atoms with Gasteiger partial charge < -0.3 is 4.90 Å². The fourth-order valence-corrected chi connectivity index (χ4v) is 4.60. The molecule has 23 heavy (non-hydrogen) atoms. The van der Waals surface area contributed by atoms with Crippen LogP contribution in [0.25, 0.3) is 0 Å². The van der Waals surface area contributed by atoms with E-state index in [0.29, 0.717) is 19.5 Å². The average Bonchev–Trinajstić information content (AvgIpc) is 3.34. The monoisotopic (exact) mass is 335 g/mol.